The average Bonchev–Trinajstić information content (AvgIpc) is 2.58. The zero-order chi connectivity index (χ0) is 14.9. The van der Waals surface area contributed by atoms with Gasteiger partial charge in [-0.05, 0) is 44.8 Å². The fraction of sp³-hybridized carbons (Fsp3) is 0.444. The topological polar surface area (TPSA) is 38.2 Å². The van der Waals surface area contributed by atoms with Crippen LogP contribution in [0.25, 0.3) is 11.3 Å². The van der Waals surface area contributed by atoms with E-state index < -0.39 is 0 Å². The van der Waals surface area contributed by atoms with Crippen molar-refractivity contribution in [1.82, 2.24) is 15.1 Å². The van der Waals surface area contributed by atoms with E-state index >= 15 is 0 Å². The van der Waals surface area contributed by atoms with Crippen molar-refractivity contribution in [2.75, 3.05) is 19.6 Å². The monoisotopic (exact) mass is 295 g/mol. The van der Waals surface area contributed by atoms with Gasteiger partial charge in [0.1, 0.15) is 6.10 Å². The summed E-state index contributed by atoms with van der Waals surface area (Å²) in [5, 5.41) is 8.58. The maximum Gasteiger partial charge on any atom is 0.233 e. The Bertz CT molecular complexity index is 630. The molecule has 0 saturated carbocycles. The first-order valence-corrected chi connectivity index (χ1v) is 8.08. The van der Waals surface area contributed by atoms with E-state index in [1.807, 2.05) is 12.1 Å². The summed E-state index contributed by atoms with van der Waals surface area (Å²) >= 11 is 0. The molecular formula is C18H21N3O. The number of benzene rings is 1. The number of hydrogen-bond donors (Lipinski definition) is 0. The molecule has 3 saturated heterocycles. The first kappa shape index (κ1) is 13.7. The molecule has 2 aromatic rings. The van der Waals surface area contributed by atoms with Crippen molar-refractivity contribution in [3.8, 4) is 17.1 Å². The number of rotatable bonds is 3. The summed E-state index contributed by atoms with van der Waals surface area (Å²) in [6, 6.07) is 12.3. The summed E-state index contributed by atoms with van der Waals surface area (Å²) in [6.45, 7) is 5.57. The molecule has 0 aliphatic carbocycles. The van der Waals surface area contributed by atoms with Gasteiger partial charge in [0.2, 0.25) is 5.88 Å². The highest BCUT2D eigenvalue weighted by molar-refractivity contribution is 5.58. The van der Waals surface area contributed by atoms with Gasteiger partial charge in [0.15, 0.2) is 0 Å². The molecule has 0 amide bonds. The lowest BCUT2D eigenvalue weighted by Crippen LogP contribution is -2.52. The second kappa shape index (κ2) is 5.69. The van der Waals surface area contributed by atoms with E-state index in [0.29, 0.717) is 11.8 Å². The second-order valence-corrected chi connectivity index (χ2v) is 6.42. The fourth-order valence-corrected chi connectivity index (χ4v) is 3.46. The van der Waals surface area contributed by atoms with Gasteiger partial charge < -0.3 is 4.74 Å². The smallest absolute Gasteiger partial charge is 0.233 e. The Hall–Kier alpha value is -1.94. The third kappa shape index (κ3) is 2.71. The quantitative estimate of drug-likeness (QED) is 0.872. The molecule has 3 fully saturated rings. The highest BCUT2D eigenvalue weighted by atomic mass is 16.5. The van der Waals surface area contributed by atoms with Gasteiger partial charge in [-0.1, -0.05) is 29.8 Å². The minimum Gasteiger partial charge on any atom is -0.472 e. The number of aryl methyl sites for hydroxylation is 1. The third-order valence-electron chi connectivity index (χ3n) is 4.86. The van der Waals surface area contributed by atoms with E-state index in [4.69, 9.17) is 4.74 Å². The van der Waals surface area contributed by atoms with Gasteiger partial charge in [-0.25, -0.2) is 0 Å². The van der Waals surface area contributed by atoms with Crippen LogP contribution >= 0.6 is 0 Å². The number of aromatic nitrogens is 2. The number of fused-ring (bicyclic) bond motifs is 3. The molecule has 5 rings (SSSR count). The van der Waals surface area contributed by atoms with E-state index in [9.17, 15) is 0 Å². The third-order valence-corrected chi connectivity index (χ3v) is 4.86. The summed E-state index contributed by atoms with van der Waals surface area (Å²) in [7, 11) is 0. The van der Waals surface area contributed by atoms with E-state index in [0.717, 1.165) is 17.8 Å². The lowest BCUT2D eigenvalue weighted by molar-refractivity contribution is -0.0103. The van der Waals surface area contributed by atoms with Gasteiger partial charge >= 0.3 is 0 Å². The molecule has 1 atom stereocenters. The van der Waals surface area contributed by atoms with Crippen LogP contribution in [0.4, 0.5) is 0 Å². The van der Waals surface area contributed by atoms with Crippen molar-refractivity contribution in [3.63, 3.8) is 0 Å². The zero-order valence-corrected chi connectivity index (χ0v) is 12.9. The average molecular weight is 295 g/mol. The Labute approximate surface area is 131 Å². The van der Waals surface area contributed by atoms with Crippen molar-refractivity contribution in [1.29, 1.82) is 0 Å². The van der Waals surface area contributed by atoms with Crippen LogP contribution in [0, 0.1) is 12.8 Å². The molecule has 3 aliphatic heterocycles. The maximum absolute atomic E-state index is 6.08. The van der Waals surface area contributed by atoms with Gasteiger partial charge in [0.05, 0.1) is 5.69 Å². The van der Waals surface area contributed by atoms with E-state index in [-0.39, 0.29) is 6.10 Å². The van der Waals surface area contributed by atoms with Crippen molar-refractivity contribution in [3.05, 3.63) is 42.0 Å². The Morgan fingerprint density at radius 1 is 1.00 bits per heavy atom. The van der Waals surface area contributed by atoms with Crippen LogP contribution in [-0.2, 0) is 0 Å². The predicted molar refractivity (Wildman–Crippen MR) is 85.8 cm³/mol. The molecule has 0 radical (unpaired) electrons. The normalized spacial score (nSPS) is 26.9. The number of piperidine rings is 3. The van der Waals surface area contributed by atoms with Gasteiger partial charge in [0.25, 0.3) is 0 Å². The molecule has 0 N–H and O–H groups in total. The molecule has 4 nitrogen and oxygen atoms in total. The molecule has 1 aromatic heterocycles. The summed E-state index contributed by atoms with van der Waals surface area (Å²) < 4.78 is 6.08. The lowest BCUT2D eigenvalue weighted by atomic mass is 9.86. The number of ether oxygens (including phenoxy) is 1. The molecule has 3 aliphatic rings. The van der Waals surface area contributed by atoms with Crippen molar-refractivity contribution in [2.45, 2.75) is 25.9 Å². The highest BCUT2D eigenvalue weighted by Gasteiger charge is 2.35. The van der Waals surface area contributed by atoms with Crippen LogP contribution < -0.4 is 4.74 Å². The van der Waals surface area contributed by atoms with Gasteiger partial charge in [-0.15, -0.1) is 10.2 Å². The zero-order valence-electron chi connectivity index (χ0n) is 12.9. The summed E-state index contributed by atoms with van der Waals surface area (Å²) in [5.41, 5.74) is 3.23. The SMILES string of the molecule is Cc1ccc(-c2ccc(O[C@H]3CN4CCC3CC4)nn2)cc1. The summed E-state index contributed by atoms with van der Waals surface area (Å²) in [4.78, 5) is 2.48. The Morgan fingerprint density at radius 2 is 1.77 bits per heavy atom. The largest absolute Gasteiger partial charge is 0.472 e. The standard InChI is InChI=1S/C18H21N3O/c1-13-2-4-14(5-3-13)16-6-7-18(20-19-16)22-17-12-21-10-8-15(17)9-11-21/h2-7,15,17H,8-12H2,1H3/t17-/m0/s1. The lowest BCUT2D eigenvalue weighted by Gasteiger charge is -2.44. The molecule has 2 bridgehead atoms. The van der Waals surface area contributed by atoms with Crippen molar-refractivity contribution >= 4 is 0 Å². The second-order valence-electron chi connectivity index (χ2n) is 6.42. The Morgan fingerprint density at radius 3 is 2.36 bits per heavy atom. The first-order valence-electron chi connectivity index (χ1n) is 8.08. The van der Waals surface area contributed by atoms with Crippen LogP contribution in [0.2, 0.25) is 0 Å². The van der Waals surface area contributed by atoms with Gasteiger partial charge in [-0.3, -0.25) is 4.90 Å². The molecule has 0 unspecified atom stereocenters. The number of nitrogens with zero attached hydrogens (tertiary/aromatic N) is 3. The number of hydrogen-bond acceptors (Lipinski definition) is 4. The van der Waals surface area contributed by atoms with Crippen LogP contribution in [0.3, 0.4) is 0 Å². The van der Waals surface area contributed by atoms with Gasteiger partial charge in [0, 0.05) is 18.2 Å². The van der Waals surface area contributed by atoms with Crippen LogP contribution in [0.1, 0.15) is 18.4 Å². The van der Waals surface area contributed by atoms with Gasteiger partial charge in [-0.2, -0.15) is 0 Å². The summed E-state index contributed by atoms with van der Waals surface area (Å²) in [5.74, 6) is 1.33. The van der Waals surface area contributed by atoms with E-state index in [1.165, 1.54) is 31.5 Å². The Kier molecular flexibility index (Phi) is 3.54. The van der Waals surface area contributed by atoms with Crippen LogP contribution in [0.15, 0.2) is 36.4 Å². The molecule has 1 aromatic carbocycles. The maximum atomic E-state index is 6.08. The minimum absolute atomic E-state index is 0.280. The van der Waals surface area contributed by atoms with Crippen LogP contribution in [-0.4, -0.2) is 40.8 Å². The van der Waals surface area contributed by atoms with Crippen molar-refractivity contribution < 1.29 is 4.74 Å². The summed E-state index contributed by atoms with van der Waals surface area (Å²) in [6.07, 6.45) is 2.78. The first-order chi connectivity index (χ1) is 10.8. The molecule has 4 heterocycles. The molecule has 4 heteroatoms. The molecule has 114 valence electrons. The predicted octanol–water partition coefficient (Wildman–Crippen LogP) is 2.93. The minimum atomic E-state index is 0.280. The highest BCUT2D eigenvalue weighted by Crippen LogP contribution is 2.30. The Balaban J connectivity index is 1.46. The van der Waals surface area contributed by atoms with E-state index in [1.54, 1.807) is 0 Å². The molecule has 0 spiro atoms. The molecular weight excluding hydrogens is 274 g/mol. The fourth-order valence-electron chi connectivity index (χ4n) is 3.46. The molecule has 22 heavy (non-hydrogen) atoms. The van der Waals surface area contributed by atoms with Crippen molar-refractivity contribution in [2.24, 2.45) is 5.92 Å². The van der Waals surface area contributed by atoms with Crippen LogP contribution in [0.5, 0.6) is 5.88 Å². The van der Waals surface area contributed by atoms with E-state index in [2.05, 4.69) is 46.3 Å².